The van der Waals surface area contributed by atoms with Crippen molar-refractivity contribution in [3.05, 3.63) is 50.3 Å². The van der Waals surface area contributed by atoms with E-state index in [0.29, 0.717) is 0 Å². The van der Waals surface area contributed by atoms with E-state index in [0.717, 1.165) is 30.1 Å². The molecule has 0 saturated heterocycles. The van der Waals surface area contributed by atoms with Crippen LogP contribution in [0.1, 0.15) is 30.6 Å². The van der Waals surface area contributed by atoms with Gasteiger partial charge in [-0.2, -0.15) is 5.10 Å². The van der Waals surface area contributed by atoms with Gasteiger partial charge in [0.15, 0.2) is 0 Å². The van der Waals surface area contributed by atoms with Crippen molar-refractivity contribution < 1.29 is 0 Å². The molecule has 1 atom stereocenters. The Labute approximate surface area is 138 Å². The monoisotopic (exact) mass is 403 g/mol. The molecule has 2 aromatic rings. The Hall–Kier alpha value is -0.590. The first-order valence-corrected chi connectivity index (χ1v) is 8.22. The number of hydrogen-bond acceptors (Lipinski definition) is 2. The zero-order chi connectivity index (χ0) is 14.5. The Balaban J connectivity index is 2.24. The molecule has 2 rings (SSSR count). The molecule has 1 aromatic carbocycles. The minimum Gasteiger partial charge on any atom is -0.310 e. The fourth-order valence-electron chi connectivity index (χ4n) is 2.17. The third kappa shape index (κ3) is 4.20. The maximum absolute atomic E-state index is 6.15. The topological polar surface area (TPSA) is 29.9 Å². The van der Waals surface area contributed by atoms with E-state index in [4.69, 9.17) is 11.6 Å². The molecule has 0 spiro atoms. The average molecular weight is 404 g/mol. The zero-order valence-corrected chi connectivity index (χ0v) is 14.6. The fourth-order valence-corrected chi connectivity index (χ4v) is 3.07. The summed E-state index contributed by atoms with van der Waals surface area (Å²) in [5, 5.41) is 8.86. The van der Waals surface area contributed by atoms with Crippen LogP contribution < -0.4 is 5.32 Å². The lowest BCUT2D eigenvalue weighted by molar-refractivity contribution is 0.519. The minimum absolute atomic E-state index is 0.246. The van der Waals surface area contributed by atoms with Gasteiger partial charge in [-0.3, -0.25) is 4.68 Å². The second kappa shape index (κ2) is 7.43. The number of rotatable bonds is 6. The van der Waals surface area contributed by atoms with Gasteiger partial charge in [0.25, 0.3) is 0 Å². The molecule has 0 aliphatic heterocycles. The lowest BCUT2D eigenvalue weighted by Crippen LogP contribution is -2.25. The Kier molecular flexibility index (Phi) is 5.86. The van der Waals surface area contributed by atoms with Crippen molar-refractivity contribution in [2.24, 2.45) is 7.05 Å². The molecule has 0 radical (unpaired) electrons. The van der Waals surface area contributed by atoms with Gasteiger partial charge in [0.05, 0.1) is 5.69 Å². The summed E-state index contributed by atoms with van der Waals surface area (Å²) < 4.78 is 3.08. The number of aryl methyl sites for hydroxylation is 1. The summed E-state index contributed by atoms with van der Waals surface area (Å²) in [6, 6.07) is 8.37. The van der Waals surface area contributed by atoms with E-state index in [-0.39, 0.29) is 6.04 Å². The summed E-state index contributed by atoms with van der Waals surface area (Å²) in [6.45, 7) is 3.16. The highest BCUT2D eigenvalue weighted by Crippen LogP contribution is 2.26. The van der Waals surface area contributed by atoms with E-state index in [1.54, 1.807) is 0 Å². The first-order chi connectivity index (χ1) is 9.60. The maximum atomic E-state index is 6.15. The first kappa shape index (κ1) is 15.8. The van der Waals surface area contributed by atoms with Crippen molar-refractivity contribution in [1.82, 2.24) is 15.1 Å². The molecule has 3 nitrogen and oxygen atoms in total. The molecular weight excluding hydrogens is 385 g/mol. The van der Waals surface area contributed by atoms with Crippen LogP contribution in [0.15, 0.2) is 30.5 Å². The van der Waals surface area contributed by atoms with Gasteiger partial charge in [-0.1, -0.05) is 18.5 Å². The Morgan fingerprint density at radius 2 is 2.20 bits per heavy atom. The number of halogens is 2. The highest BCUT2D eigenvalue weighted by Gasteiger charge is 2.16. The molecule has 20 heavy (non-hydrogen) atoms. The summed E-state index contributed by atoms with van der Waals surface area (Å²) >= 11 is 8.52. The molecule has 1 heterocycles. The van der Waals surface area contributed by atoms with Gasteiger partial charge in [0.1, 0.15) is 0 Å². The molecule has 1 N–H and O–H groups in total. The van der Waals surface area contributed by atoms with Gasteiger partial charge in [-0.05, 0) is 65.4 Å². The van der Waals surface area contributed by atoms with E-state index in [1.807, 2.05) is 24.0 Å². The van der Waals surface area contributed by atoms with Crippen molar-refractivity contribution in [3.63, 3.8) is 0 Å². The van der Waals surface area contributed by atoms with E-state index in [9.17, 15) is 0 Å². The zero-order valence-electron chi connectivity index (χ0n) is 11.7. The summed E-state index contributed by atoms with van der Waals surface area (Å²) in [5.74, 6) is 0. The van der Waals surface area contributed by atoms with Crippen LogP contribution in [-0.2, 0) is 13.5 Å². The summed E-state index contributed by atoms with van der Waals surface area (Å²) in [6.07, 6.45) is 3.96. The molecule has 0 saturated carbocycles. The summed E-state index contributed by atoms with van der Waals surface area (Å²) in [4.78, 5) is 0. The van der Waals surface area contributed by atoms with Crippen molar-refractivity contribution in [2.45, 2.75) is 25.8 Å². The SMILES string of the molecule is CCCNC(Cc1ccn(C)n1)c1cc(Cl)ccc1I. The molecule has 108 valence electrons. The lowest BCUT2D eigenvalue weighted by atomic mass is 10.0. The molecule has 0 aliphatic rings. The highest BCUT2D eigenvalue weighted by molar-refractivity contribution is 14.1. The van der Waals surface area contributed by atoms with Crippen LogP contribution in [0.3, 0.4) is 0 Å². The van der Waals surface area contributed by atoms with Gasteiger partial charge >= 0.3 is 0 Å². The van der Waals surface area contributed by atoms with Crippen LogP contribution in [0.5, 0.6) is 0 Å². The summed E-state index contributed by atoms with van der Waals surface area (Å²) in [7, 11) is 1.95. The van der Waals surface area contributed by atoms with Gasteiger partial charge < -0.3 is 5.32 Å². The number of nitrogens with one attached hydrogen (secondary N) is 1. The Morgan fingerprint density at radius 1 is 1.40 bits per heavy atom. The van der Waals surface area contributed by atoms with Crippen LogP contribution in [0.4, 0.5) is 0 Å². The molecular formula is C15H19ClIN3. The number of aromatic nitrogens is 2. The number of benzene rings is 1. The Bertz CT molecular complexity index is 568. The normalized spacial score (nSPS) is 12.6. The van der Waals surface area contributed by atoms with Gasteiger partial charge in [-0.25, -0.2) is 0 Å². The largest absolute Gasteiger partial charge is 0.310 e. The van der Waals surface area contributed by atoms with Crippen LogP contribution in [0.2, 0.25) is 5.02 Å². The fraction of sp³-hybridized carbons (Fsp3) is 0.400. The molecule has 0 fully saturated rings. The Morgan fingerprint density at radius 3 is 2.85 bits per heavy atom. The van der Waals surface area contributed by atoms with E-state index in [2.05, 4.69) is 58.1 Å². The van der Waals surface area contributed by atoms with Crippen LogP contribution >= 0.6 is 34.2 Å². The molecule has 1 aromatic heterocycles. The average Bonchev–Trinajstić information content (AvgIpc) is 2.83. The number of hydrogen-bond donors (Lipinski definition) is 1. The van der Waals surface area contributed by atoms with Crippen LogP contribution in [0, 0.1) is 3.57 Å². The quantitative estimate of drug-likeness (QED) is 0.740. The molecule has 5 heteroatoms. The predicted molar refractivity (Wildman–Crippen MR) is 92.1 cm³/mol. The molecule has 0 aliphatic carbocycles. The van der Waals surface area contributed by atoms with Gasteiger partial charge in [0, 0.05) is 34.3 Å². The lowest BCUT2D eigenvalue weighted by Gasteiger charge is -2.20. The highest BCUT2D eigenvalue weighted by atomic mass is 127. The van der Waals surface area contributed by atoms with Crippen molar-refractivity contribution >= 4 is 34.2 Å². The minimum atomic E-state index is 0.246. The molecule has 0 bridgehead atoms. The predicted octanol–water partition coefficient (Wildman–Crippen LogP) is 3.96. The third-order valence-corrected chi connectivity index (χ3v) is 4.37. The van der Waals surface area contributed by atoms with E-state index >= 15 is 0 Å². The number of nitrogens with zero attached hydrogens (tertiary/aromatic N) is 2. The van der Waals surface area contributed by atoms with Gasteiger partial charge in [0.2, 0.25) is 0 Å². The molecule has 0 amide bonds. The first-order valence-electron chi connectivity index (χ1n) is 6.77. The second-order valence-corrected chi connectivity index (χ2v) is 6.46. The van der Waals surface area contributed by atoms with E-state index in [1.165, 1.54) is 9.13 Å². The van der Waals surface area contributed by atoms with Gasteiger partial charge in [-0.15, -0.1) is 0 Å². The smallest absolute Gasteiger partial charge is 0.0643 e. The van der Waals surface area contributed by atoms with Crippen LogP contribution in [0.25, 0.3) is 0 Å². The summed E-state index contributed by atoms with van der Waals surface area (Å²) in [5.41, 5.74) is 2.34. The van der Waals surface area contributed by atoms with Crippen LogP contribution in [-0.4, -0.2) is 16.3 Å². The van der Waals surface area contributed by atoms with Crippen molar-refractivity contribution in [3.8, 4) is 0 Å². The standard InChI is InChI=1S/C15H19ClIN3/c1-3-7-18-15(10-12-6-8-20(2)19-12)13-9-11(16)4-5-14(13)17/h4-6,8-9,15,18H,3,7,10H2,1-2H3. The molecule has 1 unspecified atom stereocenters. The van der Waals surface area contributed by atoms with Crippen molar-refractivity contribution in [1.29, 1.82) is 0 Å². The van der Waals surface area contributed by atoms with Crippen molar-refractivity contribution in [2.75, 3.05) is 6.54 Å². The third-order valence-electron chi connectivity index (χ3n) is 3.16. The maximum Gasteiger partial charge on any atom is 0.0643 e. The van der Waals surface area contributed by atoms with E-state index < -0.39 is 0 Å². The second-order valence-electron chi connectivity index (χ2n) is 4.86.